The maximum absolute atomic E-state index is 4.90. The summed E-state index contributed by atoms with van der Waals surface area (Å²) >= 11 is 0. The Morgan fingerprint density at radius 2 is 1.78 bits per heavy atom. The smallest absolute Gasteiger partial charge is 0.191 e. The number of hydrogen-bond acceptors (Lipinski definition) is 3. The van der Waals surface area contributed by atoms with Gasteiger partial charge in [0.25, 0.3) is 0 Å². The number of likely N-dealkylation sites (tertiary alicyclic amines) is 1. The second-order valence-electron chi connectivity index (χ2n) is 8.13. The fraction of sp³-hybridized carbons (Fsp3) is 0.682. The lowest BCUT2D eigenvalue weighted by Gasteiger charge is -2.35. The van der Waals surface area contributed by atoms with Gasteiger partial charge in [-0.15, -0.1) is 0 Å². The van der Waals surface area contributed by atoms with E-state index in [1.165, 1.54) is 25.9 Å². The molecule has 1 aliphatic heterocycles. The molecular weight excluding hydrogens is 334 g/mol. The van der Waals surface area contributed by atoms with Gasteiger partial charge in [0.1, 0.15) is 0 Å². The molecule has 1 heterocycles. The first-order chi connectivity index (χ1) is 13.0. The molecule has 0 bridgehead atoms. The minimum atomic E-state index is 0.311. The molecule has 5 nitrogen and oxygen atoms in total. The summed E-state index contributed by atoms with van der Waals surface area (Å²) in [6.45, 7) is 15.2. The zero-order chi connectivity index (χ0) is 19.6. The topological polar surface area (TPSA) is 51.7 Å². The molecule has 2 rings (SSSR count). The predicted octanol–water partition coefficient (Wildman–Crippen LogP) is 3.55. The van der Waals surface area contributed by atoms with Gasteiger partial charge in [-0.3, -0.25) is 4.99 Å². The molecule has 1 aromatic carbocycles. The average molecular weight is 374 g/mol. The molecule has 1 unspecified atom stereocenters. The van der Waals surface area contributed by atoms with Crippen LogP contribution in [0.2, 0.25) is 0 Å². The second-order valence-corrected chi connectivity index (χ2v) is 8.13. The highest BCUT2D eigenvalue weighted by molar-refractivity contribution is 5.80. The molecule has 1 fully saturated rings. The van der Waals surface area contributed by atoms with Crippen LogP contribution in [0.4, 0.5) is 5.69 Å². The SMILES string of the molecule is CCNC(=NCC(Nc1ccccc1)C(C)C)NC1CCN(C(C)C)CC1. The van der Waals surface area contributed by atoms with Crippen molar-refractivity contribution in [1.82, 2.24) is 15.5 Å². The summed E-state index contributed by atoms with van der Waals surface area (Å²) in [6, 6.07) is 11.9. The number of aliphatic imine (C=N–C) groups is 1. The van der Waals surface area contributed by atoms with Crippen molar-refractivity contribution < 1.29 is 0 Å². The van der Waals surface area contributed by atoms with Gasteiger partial charge >= 0.3 is 0 Å². The van der Waals surface area contributed by atoms with Crippen molar-refractivity contribution in [3.05, 3.63) is 30.3 Å². The fourth-order valence-electron chi connectivity index (χ4n) is 3.43. The van der Waals surface area contributed by atoms with Gasteiger partial charge in [-0.2, -0.15) is 0 Å². The Bertz CT molecular complexity index is 547. The van der Waals surface area contributed by atoms with E-state index in [1.54, 1.807) is 0 Å². The first-order valence-corrected chi connectivity index (χ1v) is 10.6. The monoisotopic (exact) mass is 373 g/mol. The average Bonchev–Trinajstić information content (AvgIpc) is 2.66. The summed E-state index contributed by atoms with van der Waals surface area (Å²) in [5.74, 6) is 1.45. The van der Waals surface area contributed by atoms with Crippen LogP contribution in [0, 0.1) is 5.92 Å². The fourth-order valence-corrected chi connectivity index (χ4v) is 3.43. The molecule has 5 heteroatoms. The molecule has 1 aliphatic rings. The Labute approximate surface area is 166 Å². The lowest BCUT2D eigenvalue weighted by molar-refractivity contribution is 0.167. The highest BCUT2D eigenvalue weighted by Crippen LogP contribution is 2.14. The first-order valence-electron chi connectivity index (χ1n) is 10.6. The van der Waals surface area contributed by atoms with E-state index in [0.29, 0.717) is 24.0 Å². The number of rotatable bonds is 8. The number of hydrogen-bond donors (Lipinski definition) is 3. The Balaban J connectivity index is 1.92. The Morgan fingerprint density at radius 3 is 2.33 bits per heavy atom. The van der Waals surface area contributed by atoms with Crippen LogP contribution >= 0.6 is 0 Å². The van der Waals surface area contributed by atoms with Crippen molar-refractivity contribution in [1.29, 1.82) is 0 Å². The summed E-state index contributed by atoms with van der Waals surface area (Å²) < 4.78 is 0. The van der Waals surface area contributed by atoms with Gasteiger partial charge < -0.3 is 20.9 Å². The molecular formula is C22H39N5. The molecule has 0 saturated carbocycles. The zero-order valence-electron chi connectivity index (χ0n) is 17.8. The molecule has 1 atom stereocenters. The number of benzene rings is 1. The van der Waals surface area contributed by atoms with Crippen LogP contribution in [-0.4, -0.2) is 55.2 Å². The van der Waals surface area contributed by atoms with Gasteiger partial charge in [-0.1, -0.05) is 32.0 Å². The quantitative estimate of drug-likeness (QED) is 0.482. The standard InChI is InChI=1S/C22H39N5/c1-6-23-22(26-20-12-14-27(15-13-20)18(4)5)24-16-21(17(2)3)25-19-10-8-7-9-11-19/h7-11,17-18,20-21,25H,6,12-16H2,1-5H3,(H2,23,24,26). The molecule has 0 amide bonds. The Kier molecular flexibility index (Phi) is 8.92. The molecule has 1 saturated heterocycles. The second kappa shape index (κ2) is 11.2. The molecule has 1 aromatic rings. The van der Waals surface area contributed by atoms with Crippen LogP contribution in [0.25, 0.3) is 0 Å². The maximum Gasteiger partial charge on any atom is 0.191 e. The van der Waals surface area contributed by atoms with Crippen molar-refractivity contribution in [3.8, 4) is 0 Å². The van der Waals surface area contributed by atoms with Gasteiger partial charge in [-0.25, -0.2) is 0 Å². The minimum absolute atomic E-state index is 0.311. The number of para-hydroxylation sites is 1. The van der Waals surface area contributed by atoms with E-state index in [2.05, 4.69) is 79.7 Å². The van der Waals surface area contributed by atoms with E-state index in [1.807, 2.05) is 6.07 Å². The molecule has 3 N–H and O–H groups in total. The van der Waals surface area contributed by atoms with E-state index in [9.17, 15) is 0 Å². The van der Waals surface area contributed by atoms with Gasteiger partial charge in [0.15, 0.2) is 5.96 Å². The van der Waals surface area contributed by atoms with Crippen LogP contribution in [0.1, 0.15) is 47.5 Å². The molecule has 0 spiro atoms. The number of piperidine rings is 1. The summed E-state index contributed by atoms with van der Waals surface area (Å²) in [6.07, 6.45) is 2.36. The van der Waals surface area contributed by atoms with Crippen molar-refractivity contribution in [2.75, 3.05) is 31.5 Å². The summed E-state index contributed by atoms with van der Waals surface area (Å²) in [7, 11) is 0. The third-order valence-electron chi connectivity index (χ3n) is 5.32. The Morgan fingerprint density at radius 1 is 1.11 bits per heavy atom. The lowest BCUT2D eigenvalue weighted by Crippen LogP contribution is -2.50. The van der Waals surface area contributed by atoms with Crippen LogP contribution in [0.15, 0.2) is 35.3 Å². The number of nitrogens with zero attached hydrogens (tertiary/aromatic N) is 2. The summed E-state index contributed by atoms with van der Waals surface area (Å²) in [5.41, 5.74) is 1.16. The van der Waals surface area contributed by atoms with Gasteiger partial charge in [0, 0.05) is 43.4 Å². The predicted molar refractivity (Wildman–Crippen MR) is 118 cm³/mol. The van der Waals surface area contributed by atoms with E-state index in [-0.39, 0.29) is 0 Å². The van der Waals surface area contributed by atoms with E-state index in [0.717, 1.165) is 24.7 Å². The molecule has 0 aliphatic carbocycles. The van der Waals surface area contributed by atoms with Crippen molar-refractivity contribution >= 4 is 11.6 Å². The van der Waals surface area contributed by atoms with E-state index in [4.69, 9.17) is 4.99 Å². The number of anilines is 1. The normalized spacial score (nSPS) is 18.0. The minimum Gasteiger partial charge on any atom is -0.380 e. The van der Waals surface area contributed by atoms with Gasteiger partial charge in [0.05, 0.1) is 6.54 Å². The van der Waals surface area contributed by atoms with Crippen molar-refractivity contribution in [2.24, 2.45) is 10.9 Å². The zero-order valence-corrected chi connectivity index (χ0v) is 17.8. The maximum atomic E-state index is 4.90. The van der Waals surface area contributed by atoms with Crippen LogP contribution < -0.4 is 16.0 Å². The molecule has 152 valence electrons. The van der Waals surface area contributed by atoms with Crippen molar-refractivity contribution in [3.63, 3.8) is 0 Å². The summed E-state index contributed by atoms with van der Waals surface area (Å²) in [4.78, 5) is 7.45. The largest absolute Gasteiger partial charge is 0.380 e. The van der Waals surface area contributed by atoms with Gasteiger partial charge in [-0.05, 0) is 51.7 Å². The first kappa shape index (κ1) is 21.5. The number of nitrogens with one attached hydrogen (secondary N) is 3. The van der Waals surface area contributed by atoms with E-state index < -0.39 is 0 Å². The number of guanidine groups is 1. The molecule has 0 radical (unpaired) electrons. The van der Waals surface area contributed by atoms with Crippen molar-refractivity contribution in [2.45, 2.75) is 65.6 Å². The highest BCUT2D eigenvalue weighted by Gasteiger charge is 2.21. The third-order valence-corrected chi connectivity index (χ3v) is 5.32. The lowest BCUT2D eigenvalue weighted by atomic mass is 10.0. The molecule has 27 heavy (non-hydrogen) atoms. The van der Waals surface area contributed by atoms with Gasteiger partial charge in [0.2, 0.25) is 0 Å². The van der Waals surface area contributed by atoms with Crippen LogP contribution in [0.5, 0.6) is 0 Å². The third kappa shape index (κ3) is 7.41. The van der Waals surface area contributed by atoms with E-state index >= 15 is 0 Å². The summed E-state index contributed by atoms with van der Waals surface area (Å²) in [5, 5.41) is 10.7. The Hall–Kier alpha value is -1.75. The molecule has 0 aromatic heterocycles. The van der Waals surface area contributed by atoms with Crippen LogP contribution in [-0.2, 0) is 0 Å². The van der Waals surface area contributed by atoms with Crippen LogP contribution in [0.3, 0.4) is 0 Å². The highest BCUT2D eigenvalue weighted by atomic mass is 15.2.